The zero-order chi connectivity index (χ0) is 14.8. The summed E-state index contributed by atoms with van der Waals surface area (Å²) in [5, 5.41) is 1.94. The van der Waals surface area contributed by atoms with E-state index in [-0.39, 0.29) is 5.97 Å². The average Bonchev–Trinajstić information content (AvgIpc) is 2.53. The predicted molar refractivity (Wildman–Crippen MR) is 88.4 cm³/mol. The van der Waals surface area contributed by atoms with Crippen molar-refractivity contribution < 1.29 is 9.53 Å². The predicted octanol–water partition coefficient (Wildman–Crippen LogP) is 5.06. The quantitative estimate of drug-likeness (QED) is 0.609. The molecule has 0 amide bonds. The van der Waals surface area contributed by atoms with E-state index in [2.05, 4.69) is 15.9 Å². The maximum absolute atomic E-state index is 12.0. The van der Waals surface area contributed by atoms with E-state index in [4.69, 9.17) is 4.74 Å². The largest absolute Gasteiger partial charge is 0.465 e. The van der Waals surface area contributed by atoms with Crippen LogP contribution in [0, 0.1) is 0 Å². The molecule has 0 aromatic heterocycles. The Bertz CT molecular complexity index is 819. The number of hydrogen-bond donors (Lipinski definition) is 0. The van der Waals surface area contributed by atoms with Crippen LogP contribution in [0.4, 0.5) is 0 Å². The van der Waals surface area contributed by atoms with Gasteiger partial charge in [0.2, 0.25) is 0 Å². The Balaban J connectivity index is 2.35. The molecule has 0 aliphatic rings. The van der Waals surface area contributed by atoms with E-state index in [0.717, 1.165) is 26.4 Å². The molecule has 3 aromatic carbocycles. The number of fused-ring (bicyclic) bond motifs is 1. The van der Waals surface area contributed by atoms with Crippen molar-refractivity contribution in [1.82, 2.24) is 0 Å². The van der Waals surface area contributed by atoms with E-state index < -0.39 is 0 Å². The summed E-state index contributed by atoms with van der Waals surface area (Å²) in [4.78, 5) is 12.0. The van der Waals surface area contributed by atoms with Gasteiger partial charge in [-0.15, -0.1) is 0 Å². The van der Waals surface area contributed by atoms with E-state index in [9.17, 15) is 4.79 Å². The highest BCUT2D eigenvalue weighted by Crippen LogP contribution is 2.32. The van der Waals surface area contributed by atoms with Gasteiger partial charge in [-0.1, -0.05) is 58.4 Å². The normalized spacial score (nSPS) is 10.6. The van der Waals surface area contributed by atoms with Crippen LogP contribution in [0.5, 0.6) is 0 Å². The van der Waals surface area contributed by atoms with Crippen LogP contribution < -0.4 is 0 Å². The molecule has 0 spiro atoms. The van der Waals surface area contributed by atoms with Crippen LogP contribution >= 0.6 is 15.9 Å². The molecule has 0 aliphatic heterocycles. The first-order chi connectivity index (χ1) is 10.2. The Morgan fingerprint density at radius 3 is 2.43 bits per heavy atom. The van der Waals surface area contributed by atoms with Crippen molar-refractivity contribution in [3.63, 3.8) is 0 Å². The van der Waals surface area contributed by atoms with Gasteiger partial charge in [0.1, 0.15) is 0 Å². The maximum atomic E-state index is 12.0. The highest BCUT2D eigenvalue weighted by molar-refractivity contribution is 9.10. The number of carbonyl (C=O) groups is 1. The lowest BCUT2D eigenvalue weighted by Crippen LogP contribution is -2.02. The third kappa shape index (κ3) is 2.57. The van der Waals surface area contributed by atoms with Crippen molar-refractivity contribution in [1.29, 1.82) is 0 Å². The lowest BCUT2D eigenvalue weighted by Gasteiger charge is -2.11. The summed E-state index contributed by atoms with van der Waals surface area (Å²) in [7, 11) is 1.41. The first-order valence-electron chi connectivity index (χ1n) is 6.56. The summed E-state index contributed by atoms with van der Waals surface area (Å²) in [6.45, 7) is 0. The van der Waals surface area contributed by atoms with Gasteiger partial charge in [0.05, 0.1) is 12.7 Å². The molecule has 21 heavy (non-hydrogen) atoms. The van der Waals surface area contributed by atoms with Gasteiger partial charge >= 0.3 is 5.97 Å². The molecule has 0 bridgehead atoms. The van der Waals surface area contributed by atoms with E-state index >= 15 is 0 Å². The minimum atomic E-state index is -0.317. The molecule has 3 heteroatoms. The smallest absolute Gasteiger partial charge is 0.338 e. The average molecular weight is 341 g/mol. The standard InChI is InChI=1S/C18H13BrO2/c1-21-18(20)16-10-4-6-12-5-3-9-15(17(12)16)13-7-2-8-14(19)11-13/h2-11H,1H3. The molecule has 0 saturated carbocycles. The first kappa shape index (κ1) is 13.8. The van der Waals surface area contributed by atoms with Crippen LogP contribution in [-0.2, 0) is 4.74 Å². The number of rotatable bonds is 2. The van der Waals surface area contributed by atoms with E-state index in [0.29, 0.717) is 5.56 Å². The second-order valence-electron chi connectivity index (χ2n) is 4.71. The van der Waals surface area contributed by atoms with Crippen LogP contribution in [-0.4, -0.2) is 13.1 Å². The minimum Gasteiger partial charge on any atom is -0.465 e. The summed E-state index contributed by atoms with van der Waals surface area (Å²) in [5.41, 5.74) is 2.67. The monoisotopic (exact) mass is 340 g/mol. The number of carbonyl (C=O) groups excluding carboxylic acids is 1. The molecule has 0 saturated heterocycles. The van der Waals surface area contributed by atoms with Crippen LogP contribution in [0.15, 0.2) is 65.1 Å². The molecule has 3 aromatic rings. The molecule has 2 nitrogen and oxygen atoms in total. The fourth-order valence-corrected chi connectivity index (χ4v) is 2.92. The second kappa shape index (κ2) is 5.70. The first-order valence-corrected chi connectivity index (χ1v) is 7.36. The Kier molecular flexibility index (Phi) is 3.76. The zero-order valence-corrected chi connectivity index (χ0v) is 13.1. The number of ether oxygens (including phenoxy) is 1. The Morgan fingerprint density at radius 2 is 1.71 bits per heavy atom. The molecule has 104 valence electrons. The summed E-state index contributed by atoms with van der Waals surface area (Å²) >= 11 is 3.49. The van der Waals surface area contributed by atoms with E-state index in [1.54, 1.807) is 6.07 Å². The molecule has 0 N–H and O–H groups in total. The molecule has 0 heterocycles. The third-order valence-corrected chi connectivity index (χ3v) is 3.94. The Labute approximate surface area is 131 Å². The molecular weight excluding hydrogens is 328 g/mol. The van der Waals surface area contributed by atoms with Crippen molar-refractivity contribution in [2.24, 2.45) is 0 Å². The van der Waals surface area contributed by atoms with Gasteiger partial charge in [-0.2, -0.15) is 0 Å². The Hall–Kier alpha value is -2.13. The number of halogens is 1. The summed E-state index contributed by atoms with van der Waals surface area (Å²) in [6.07, 6.45) is 0. The fraction of sp³-hybridized carbons (Fsp3) is 0.0556. The molecule has 0 aliphatic carbocycles. The van der Waals surface area contributed by atoms with E-state index in [1.807, 2.05) is 54.6 Å². The minimum absolute atomic E-state index is 0.317. The highest BCUT2D eigenvalue weighted by atomic mass is 79.9. The number of hydrogen-bond acceptors (Lipinski definition) is 2. The second-order valence-corrected chi connectivity index (χ2v) is 5.63. The van der Waals surface area contributed by atoms with Crippen molar-refractivity contribution >= 4 is 32.7 Å². The highest BCUT2D eigenvalue weighted by Gasteiger charge is 2.14. The van der Waals surface area contributed by atoms with Gasteiger partial charge in [-0.3, -0.25) is 0 Å². The fourth-order valence-electron chi connectivity index (χ4n) is 2.52. The summed E-state index contributed by atoms with van der Waals surface area (Å²) < 4.78 is 5.92. The molecule has 0 atom stereocenters. The van der Waals surface area contributed by atoms with Crippen LogP contribution in [0.1, 0.15) is 10.4 Å². The van der Waals surface area contributed by atoms with Crippen LogP contribution in [0.3, 0.4) is 0 Å². The van der Waals surface area contributed by atoms with E-state index in [1.165, 1.54) is 7.11 Å². The maximum Gasteiger partial charge on any atom is 0.338 e. The van der Waals surface area contributed by atoms with Gasteiger partial charge in [0.15, 0.2) is 0 Å². The number of benzene rings is 3. The van der Waals surface area contributed by atoms with Crippen molar-refractivity contribution in [2.75, 3.05) is 7.11 Å². The number of esters is 1. The zero-order valence-electron chi connectivity index (χ0n) is 11.5. The van der Waals surface area contributed by atoms with Crippen molar-refractivity contribution in [2.45, 2.75) is 0 Å². The lowest BCUT2D eigenvalue weighted by molar-refractivity contribution is 0.0603. The van der Waals surface area contributed by atoms with Gasteiger partial charge in [0, 0.05) is 9.86 Å². The molecule has 3 rings (SSSR count). The molecule has 0 fully saturated rings. The summed E-state index contributed by atoms with van der Waals surface area (Å²) in [6, 6.07) is 19.8. The van der Waals surface area contributed by atoms with Gasteiger partial charge in [0.25, 0.3) is 0 Å². The number of methoxy groups -OCH3 is 1. The van der Waals surface area contributed by atoms with Crippen LogP contribution in [0.25, 0.3) is 21.9 Å². The van der Waals surface area contributed by atoms with Crippen LogP contribution in [0.2, 0.25) is 0 Å². The molecular formula is C18H13BrO2. The van der Waals surface area contributed by atoms with Crippen molar-refractivity contribution in [3.05, 3.63) is 70.7 Å². The van der Waals surface area contributed by atoms with Gasteiger partial charge in [-0.25, -0.2) is 4.79 Å². The van der Waals surface area contributed by atoms with Gasteiger partial charge < -0.3 is 4.74 Å². The third-order valence-electron chi connectivity index (χ3n) is 3.45. The SMILES string of the molecule is COC(=O)c1cccc2cccc(-c3cccc(Br)c3)c12. The summed E-state index contributed by atoms with van der Waals surface area (Å²) in [5.74, 6) is -0.317. The topological polar surface area (TPSA) is 26.3 Å². The lowest BCUT2D eigenvalue weighted by atomic mass is 9.94. The molecule has 0 radical (unpaired) electrons. The van der Waals surface area contributed by atoms with Gasteiger partial charge in [-0.05, 0) is 34.7 Å². The molecule has 0 unspecified atom stereocenters. The Morgan fingerprint density at radius 1 is 1.00 bits per heavy atom. The van der Waals surface area contributed by atoms with Crippen molar-refractivity contribution in [3.8, 4) is 11.1 Å².